The van der Waals surface area contributed by atoms with Crippen LogP contribution in [0.25, 0.3) is 28.0 Å². The molecule has 0 fully saturated rings. The fraction of sp³-hybridized carbons (Fsp3) is 0.0857. The van der Waals surface area contributed by atoms with E-state index >= 15 is 0 Å². The van der Waals surface area contributed by atoms with Gasteiger partial charge in [0.05, 0.1) is 17.8 Å². The molecule has 8 rings (SSSR count). The van der Waals surface area contributed by atoms with Crippen molar-refractivity contribution in [3.8, 4) is 22.3 Å². The number of hydrogen-bond acceptors (Lipinski definition) is 2. The minimum atomic E-state index is -0.304. The molecule has 0 atom stereocenters. The first-order valence-corrected chi connectivity index (χ1v) is 13.0. The van der Waals surface area contributed by atoms with Crippen molar-refractivity contribution in [2.75, 3.05) is 11.6 Å². The number of para-hydroxylation sites is 1. The van der Waals surface area contributed by atoms with Gasteiger partial charge in [0.15, 0.2) is 0 Å². The Bertz CT molecular complexity index is 1680. The maximum absolute atomic E-state index is 3.71. The summed E-state index contributed by atoms with van der Waals surface area (Å²) in [6.07, 6.45) is 0. The smallest absolute Gasteiger partial charge is 0.0923 e. The normalized spacial score (nSPS) is 15.9. The van der Waals surface area contributed by atoms with Gasteiger partial charge in [-0.3, -0.25) is 0 Å². The quantitative estimate of drug-likeness (QED) is 0.275. The summed E-state index contributed by atoms with van der Waals surface area (Å²) in [7, 11) is 0. The lowest BCUT2D eigenvalue weighted by molar-refractivity contribution is 0.793. The molecular weight excluding hydrogens is 448 g/mol. The molecule has 37 heavy (non-hydrogen) atoms. The summed E-state index contributed by atoms with van der Waals surface area (Å²) in [5, 5.41) is 3.71. The number of benzene rings is 5. The standard InChI is InChI=1S/C35H26N2/c1-23-34(36-22-37(23)25-11-3-2-4-12-25)24-19-20-29-28-15-7-10-18-32(28)35(33(29)21-24)30-16-8-5-13-26(30)27-14-6-9-17-31(27)35/h2-21,36H,22H2,1H3. The number of rotatable bonds is 2. The average Bonchev–Trinajstić information content (AvgIpc) is 3.59. The molecule has 0 bridgehead atoms. The highest BCUT2D eigenvalue weighted by Gasteiger charge is 2.51. The van der Waals surface area contributed by atoms with Gasteiger partial charge in [-0.05, 0) is 75.2 Å². The van der Waals surface area contributed by atoms with Crippen LogP contribution in [-0.4, -0.2) is 6.67 Å². The predicted octanol–water partition coefficient (Wildman–Crippen LogP) is 7.79. The SMILES string of the molecule is CC1=C(c2ccc3c(c2)C2(c4ccccc4-c4ccccc42)c2ccccc2-3)NCN1c1ccccc1. The predicted molar refractivity (Wildman–Crippen MR) is 152 cm³/mol. The van der Waals surface area contributed by atoms with Crippen LogP contribution in [0.2, 0.25) is 0 Å². The second kappa shape index (κ2) is 7.47. The highest BCUT2D eigenvalue weighted by atomic mass is 15.3. The lowest BCUT2D eigenvalue weighted by Crippen LogP contribution is -2.26. The zero-order valence-electron chi connectivity index (χ0n) is 20.7. The summed E-state index contributed by atoms with van der Waals surface area (Å²) in [4.78, 5) is 2.35. The van der Waals surface area contributed by atoms with Gasteiger partial charge < -0.3 is 10.2 Å². The fourth-order valence-electron chi connectivity index (χ4n) is 6.99. The third-order valence-corrected chi connectivity index (χ3v) is 8.53. The Balaban J connectivity index is 1.39. The Hall–Kier alpha value is -4.56. The molecule has 1 spiro atoms. The number of fused-ring (bicyclic) bond motifs is 10. The molecule has 2 nitrogen and oxygen atoms in total. The molecule has 0 radical (unpaired) electrons. The summed E-state index contributed by atoms with van der Waals surface area (Å²) >= 11 is 0. The van der Waals surface area contributed by atoms with Crippen molar-refractivity contribution >= 4 is 11.4 Å². The van der Waals surface area contributed by atoms with Gasteiger partial charge in [-0.1, -0.05) is 103 Å². The lowest BCUT2D eigenvalue weighted by Gasteiger charge is -2.30. The second-order valence-corrected chi connectivity index (χ2v) is 10.2. The minimum Gasteiger partial charge on any atom is -0.366 e. The van der Waals surface area contributed by atoms with E-state index in [-0.39, 0.29) is 5.41 Å². The molecule has 1 N–H and O–H groups in total. The van der Waals surface area contributed by atoms with Gasteiger partial charge in [0.1, 0.15) is 0 Å². The van der Waals surface area contributed by atoms with E-state index in [0.29, 0.717) is 0 Å². The van der Waals surface area contributed by atoms with Gasteiger partial charge in [-0.25, -0.2) is 0 Å². The third kappa shape index (κ3) is 2.60. The van der Waals surface area contributed by atoms with Crippen molar-refractivity contribution in [3.05, 3.63) is 155 Å². The molecule has 1 heterocycles. The molecule has 2 heteroatoms. The molecule has 3 aliphatic rings. The van der Waals surface area contributed by atoms with Gasteiger partial charge in [-0.2, -0.15) is 0 Å². The topological polar surface area (TPSA) is 15.3 Å². The Labute approximate surface area is 217 Å². The molecule has 5 aromatic rings. The molecule has 176 valence electrons. The fourth-order valence-corrected chi connectivity index (χ4v) is 6.99. The molecule has 2 aliphatic carbocycles. The molecule has 1 aliphatic heterocycles. The van der Waals surface area contributed by atoms with E-state index in [1.807, 2.05) is 0 Å². The zero-order chi connectivity index (χ0) is 24.6. The van der Waals surface area contributed by atoms with E-state index in [4.69, 9.17) is 0 Å². The van der Waals surface area contributed by atoms with Gasteiger partial charge in [0.25, 0.3) is 0 Å². The molecular formula is C35H26N2. The summed E-state index contributed by atoms with van der Waals surface area (Å²) < 4.78 is 0. The molecule has 0 saturated carbocycles. The van der Waals surface area contributed by atoms with Crippen molar-refractivity contribution in [2.24, 2.45) is 0 Å². The summed E-state index contributed by atoms with van der Waals surface area (Å²) in [5.74, 6) is 0. The van der Waals surface area contributed by atoms with Gasteiger partial charge in [-0.15, -0.1) is 0 Å². The number of anilines is 1. The molecule has 0 aromatic heterocycles. The Morgan fingerprint density at radius 2 is 1.08 bits per heavy atom. The molecule has 5 aromatic carbocycles. The third-order valence-electron chi connectivity index (χ3n) is 8.53. The molecule has 0 saturated heterocycles. The first-order chi connectivity index (χ1) is 18.3. The van der Waals surface area contributed by atoms with Crippen LogP contribution in [0.15, 0.2) is 127 Å². The van der Waals surface area contributed by atoms with Crippen LogP contribution >= 0.6 is 0 Å². The first-order valence-electron chi connectivity index (χ1n) is 13.0. The van der Waals surface area contributed by atoms with Crippen molar-refractivity contribution in [1.29, 1.82) is 0 Å². The summed E-state index contributed by atoms with van der Waals surface area (Å²) in [6, 6.07) is 44.7. The number of allylic oxidation sites excluding steroid dienone is 1. The van der Waals surface area contributed by atoms with Crippen LogP contribution < -0.4 is 10.2 Å². The van der Waals surface area contributed by atoms with Crippen molar-refractivity contribution < 1.29 is 0 Å². The zero-order valence-corrected chi connectivity index (χ0v) is 20.7. The highest BCUT2D eigenvalue weighted by molar-refractivity contribution is 5.95. The monoisotopic (exact) mass is 474 g/mol. The van der Waals surface area contributed by atoms with Crippen molar-refractivity contribution in [3.63, 3.8) is 0 Å². The number of nitrogens with one attached hydrogen (secondary N) is 1. The van der Waals surface area contributed by atoms with Crippen molar-refractivity contribution in [1.82, 2.24) is 5.32 Å². The van der Waals surface area contributed by atoms with E-state index in [9.17, 15) is 0 Å². The largest absolute Gasteiger partial charge is 0.366 e. The average molecular weight is 475 g/mol. The Morgan fingerprint density at radius 3 is 1.68 bits per heavy atom. The van der Waals surface area contributed by atoms with Crippen LogP contribution in [0.4, 0.5) is 5.69 Å². The van der Waals surface area contributed by atoms with E-state index < -0.39 is 0 Å². The van der Waals surface area contributed by atoms with E-state index in [1.54, 1.807) is 0 Å². The first kappa shape index (κ1) is 20.6. The highest BCUT2D eigenvalue weighted by Crippen LogP contribution is 2.62. The number of hydrogen-bond donors (Lipinski definition) is 1. The van der Waals surface area contributed by atoms with Crippen LogP contribution in [-0.2, 0) is 5.41 Å². The maximum atomic E-state index is 3.71. The van der Waals surface area contributed by atoms with Crippen LogP contribution in [0.5, 0.6) is 0 Å². The molecule has 0 amide bonds. The van der Waals surface area contributed by atoms with E-state index in [2.05, 4.69) is 138 Å². The van der Waals surface area contributed by atoms with Crippen LogP contribution in [0, 0.1) is 0 Å². The lowest BCUT2D eigenvalue weighted by atomic mass is 9.70. The minimum absolute atomic E-state index is 0.304. The number of nitrogens with zero attached hydrogens (tertiary/aromatic N) is 1. The van der Waals surface area contributed by atoms with Crippen LogP contribution in [0.3, 0.4) is 0 Å². The summed E-state index contributed by atoms with van der Waals surface area (Å²) in [5.41, 5.74) is 15.5. The van der Waals surface area contributed by atoms with Crippen molar-refractivity contribution in [2.45, 2.75) is 12.3 Å². The van der Waals surface area contributed by atoms with Gasteiger partial charge >= 0.3 is 0 Å². The molecule has 0 unspecified atom stereocenters. The Kier molecular flexibility index (Phi) is 4.16. The summed E-state index contributed by atoms with van der Waals surface area (Å²) in [6.45, 7) is 3.00. The Morgan fingerprint density at radius 1 is 0.568 bits per heavy atom. The van der Waals surface area contributed by atoms with E-state index in [0.717, 1.165) is 6.67 Å². The van der Waals surface area contributed by atoms with E-state index in [1.165, 1.54) is 67.2 Å². The maximum Gasteiger partial charge on any atom is 0.0923 e. The van der Waals surface area contributed by atoms with Gasteiger partial charge in [0.2, 0.25) is 0 Å². The van der Waals surface area contributed by atoms with Crippen LogP contribution in [0.1, 0.15) is 34.7 Å². The van der Waals surface area contributed by atoms with Gasteiger partial charge in [0, 0.05) is 11.4 Å². The second-order valence-electron chi connectivity index (χ2n) is 10.2.